The molecule has 0 aliphatic carbocycles. The first-order valence-electron chi connectivity index (χ1n) is 8.46. The van der Waals surface area contributed by atoms with Gasteiger partial charge in [0.1, 0.15) is 0 Å². The Hall–Kier alpha value is -2.99. The van der Waals surface area contributed by atoms with Crippen molar-refractivity contribution in [1.29, 1.82) is 0 Å². The van der Waals surface area contributed by atoms with Crippen LogP contribution in [0.15, 0.2) is 48.8 Å². The van der Waals surface area contributed by atoms with E-state index in [4.69, 9.17) is 14.2 Å². The lowest BCUT2D eigenvalue weighted by Gasteiger charge is -2.14. The van der Waals surface area contributed by atoms with Crippen LogP contribution in [0.2, 0.25) is 0 Å². The average Bonchev–Trinajstić information content (AvgIpc) is 3.33. The highest BCUT2D eigenvalue weighted by atomic mass is 32.1. The van der Waals surface area contributed by atoms with Crippen molar-refractivity contribution in [2.24, 2.45) is 7.05 Å². The van der Waals surface area contributed by atoms with Crippen molar-refractivity contribution in [3.05, 3.63) is 48.8 Å². The number of benzene rings is 2. The van der Waals surface area contributed by atoms with E-state index in [1.807, 2.05) is 18.3 Å². The minimum Gasteiger partial charge on any atom is -0.493 e. The molecule has 2 heterocycles. The van der Waals surface area contributed by atoms with Crippen molar-refractivity contribution in [3.63, 3.8) is 0 Å². The van der Waals surface area contributed by atoms with Gasteiger partial charge in [-0.2, -0.15) is 4.37 Å². The Bertz CT molecular complexity index is 1090. The van der Waals surface area contributed by atoms with Crippen LogP contribution in [0.4, 0.5) is 0 Å². The number of rotatable bonds is 5. The van der Waals surface area contributed by atoms with Gasteiger partial charge in [-0.3, -0.25) is 0 Å². The third kappa shape index (κ3) is 2.92. The third-order valence-corrected chi connectivity index (χ3v) is 5.54. The fraction of sp³-hybridized carbons (Fsp3) is 0.190. The normalized spacial score (nSPS) is 11.0. The maximum Gasteiger partial charge on any atom is 0.203 e. The first-order valence-corrected chi connectivity index (χ1v) is 9.24. The lowest BCUT2D eigenvalue weighted by atomic mass is 10.0. The standard InChI is InChI=1S/C21H20N2O3S/c1-23-8-7-14-9-13(5-6-17(14)23)16-12-22-27-21(16)15-10-18(24-2)20(26-4)19(11-15)25-3/h5-12H,1-4H3. The summed E-state index contributed by atoms with van der Waals surface area (Å²) in [5.74, 6) is 1.84. The Kier molecular flexibility index (Phi) is 4.49. The molecule has 0 fully saturated rings. The minimum absolute atomic E-state index is 0.584. The lowest BCUT2D eigenvalue weighted by molar-refractivity contribution is 0.324. The average molecular weight is 380 g/mol. The molecule has 0 N–H and O–H groups in total. The van der Waals surface area contributed by atoms with Gasteiger partial charge in [0.15, 0.2) is 11.5 Å². The van der Waals surface area contributed by atoms with Crippen LogP contribution in [-0.4, -0.2) is 30.3 Å². The van der Waals surface area contributed by atoms with Crippen molar-refractivity contribution in [2.75, 3.05) is 21.3 Å². The van der Waals surface area contributed by atoms with Gasteiger partial charge in [0.05, 0.1) is 26.2 Å². The summed E-state index contributed by atoms with van der Waals surface area (Å²) in [5.41, 5.74) is 4.40. The molecule has 0 spiro atoms. The van der Waals surface area contributed by atoms with E-state index in [9.17, 15) is 0 Å². The summed E-state index contributed by atoms with van der Waals surface area (Å²) < 4.78 is 23.0. The number of methoxy groups -OCH3 is 3. The number of aromatic nitrogens is 2. The molecule has 4 rings (SSSR count). The summed E-state index contributed by atoms with van der Waals surface area (Å²) in [5, 5.41) is 1.21. The number of nitrogens with zero attached hydrogens (tertiary/aromatic N) is 2. The molecular weight excluding hydrogens is 360 g/mol. The van der Waals surface area contributed by atoms with Crippen molar-refractivity contribution in [3.8, 4) is 38.8 Å². The van der Waals surface area contributed by atoms with Gasteiger partial charge in [0.25, 0.3) is 0 Å². The molecule has 27 heavy (non-hydrogen) atoms. The smallest absolute Gasteiger partial charge is 0.203 e. The van der Waals surface area contributed by atoms with Crippen LogP contribution >= 0.6 is 11.5 Å². The molecule has 0 saturated heterocycles. The molecule has 0 unspecified atom stereocenters. The van der Waals surface area contributed by atoms with Crippen LogP contribution in [0.1, 0.15) is 0 Å². The van der Waals surface area contributed by atoms with E-state index in [1.54, 1.807) is 21.3 Å². The zero-order valence-corrected chi connectivity index (χ0v) is 16.5. The number of aryl methyl sites for hydroxylation is 1. The monoisotopic (exact) mass is 380 g/mol. The largest absolute Gasteiger partial charge is 0.493 e. The van der Waals surface area contributed by atoms with Gasteiger partial charge < -0.3 is 18.8 Å². The molecule has 6 heteroatoms. The molecular formula is C21H20N2O3S. The Morgan fingerprint density at radius 2 is 1.63 bits per heavy atom. The van der Waals surface area contributed by atoms with Crippen LogP contribution < -0.4 is 14.2 Å². The van der Waals surface area contributed by atoms with Crippen molar-refractivity contribution in [1.82, 2.24) is 8.94 Å². The second-order valence-corrected chi connectivity index (χ2v) is 6.98. The van der Waals surface area contributed by atoms with Gasteiger partial charge in [-0.05, 0) is 47.4 Å². The number of hydrogen-bond acceptors (Lipinski definition) is 5. The number of fused-ring (bicyclic) bond motifs is 1. The maximum atomic E-state index is 5.50. The quantitative estimate of drug-likeness (QED) is 0.489. The Morgan fingerprint density at radius 1 is 0.889 bits per heavy atom. The minimum atomic E-state index is 0.584. The van der Waals surface area contributed by atoms with Gasteiger partial charge in [-0.1, -0.05) is 6.07 Å². The summed E-state index contributed by atoms with van der Waals surface area (Å²) >= 11 is 1.45. The number of ether oxygens (including phenoxy) is 3. The summed E-state index contributed by atoms with van der Waals surface area (Å²) in [6, 6.07) is 12.5. The summed E-state index contributed by atoms with van der Waals surface area (Å²) in [4.78, 5) is 1.06. The summed E-state index contributed by atoms with van der Waals surface area (Å²) in [6.07, 6.45) is 3.98. The van der Waals surface area contributed by atoms with Gasteiger partial charge in [-0.15, -0.1) is 0 Å². The van der Waals surface area contributed by atoms with Gasteiger partial charge in [0, 0.05) is 41.5 Å². The topological polar surface area (TPSA) is 45.5 Å². The fourth-order valence-corrected chi connectivity index (χ4v) is 4.07. The predicted molar refractivity (Wildman–Crippen MR) is 109 cm³/mol. The molecule has 5 nitrogen and oxygen atoms in total. The highest BCUT2D eigenvalue weighted by Crippen LogP contribution is 2.44. The zero-order chi connectivity index (χ0) is 19.0. The molecule has 0 atom stereocenters. The number of hydrogen-bond donors (Lipinski definition) is 0. The van der Waals surface area contributed by atoms with E-state index >= 15 is 0 Å². The SMILES string of the molecule is COc1cc(-c2sncc2-c2ccc3c(ccn3C)c2)cc(OC)c1OC. The molecule has 4 aromatic rings. The Labute approximate surface area is 161 Å². The van der Waals surface area contributed by atoms with E-state index < -0.39 is 0 Å². The molecule has 0 saturated carbocycles. The van der Waals surface area contributed by atoms with Crippen LogP contribution in [0.25, 0.3) is 32.5 Å². The highest BCUT2D eigenvalue weighted by Gasteiger charge is 2.18. The van der Waals surface area contributed by atoms with Crippen molar-refractivity contribution < 1.29 is 14.2 Å². The van der Waals surface area contributed by atoms with Gasteiger partial charge in [-0.25, -0.2) is 0 Å². The van der Waals surface area contributed by atoms with E-state index in [0.717, 1.165) is 21.6 Å². The van der Waals surface area contributed by atoms with Crippen molar-refractivity contribution in [2.45, 2.75) is 0 Å². The van der Waals surface area contributed by atoms with E-state index in [2.05, 4.69) is 46.5 Å². The van der Waals surface area contributed by atoms with E-state index in [1.165, 1.54) is 22.4 Å². The van der Waals surface area contributed by atoms with Crippen molar-refractivity contribution >= 4 is 22.4 Å². The fourth-order valence-electron chi connectivity index (χ4n) is 3.31. The van der Waals surface area contributed by atoms with Crippen LogP contribution in [-0.2, 0) is 7.05 Å². The van der Waals surface area contributed by atoms with E-state index in [-0.39, 0.29) is 0 Å². The van der Waals surface area contributed by atoms with Gasteiger partial charge in [0.2, 0.25) is 5.75 Å². The van der Waals surface area contributed by atoms with Crippen LogP contribution in [0.3, 0.4) is 0 Å². The third-order valence-electron chi connectivity index (χ3n) is 4.69. The van der Waals surface area contributed by atoms with E-state index in [0.29, 0.717) is 17.2 Å². The van der Waals surface area contributed by atoms with Crippen LogP contribution in [0.5, 0.6) is 17.2 Å². The second kappa shape index (κ2) is 6.96. The molecule has 138 valence electrons. The highest BCUT2D eigenvalue weighted by molar-refractivity contribution is 7.10. The summed E-state index contributed by atoms with van der Waals surface area (Å²) in [7, 11) is 6.90. The first-order chi connectivity index (χ1) is 13.2. The lowest BCUT2D eigenvalue weighted by Crippen LogP contribution is -1.95. The molecule has 0 aliphatic rings. The van der Waals surface area contributed by atoms with Crippen LogP contribution in [0, 0.1) is 0 Å². The predicted octanol–water partition coefficient (Wildman–Crippen LogP) is 4.99. The Balaban J connectivity index is 1.86. The molecule has 0 bridgehead atoms. The Morgan fingerprint density at radius 3 is 2.30 bits per heavy atom. The van der Waals surface area contributed by atoms with Gasteiger partial charge >= 0.3 is 0 Å². The second-order valence-electron chi connectivity index (χ2n) is 6.18. The first kappa shape index (κ1) is 17.4. The molecule has 2 aromatic heterocycles. The molecule has 2 aromatic carbocycles. The molecule has 0 radical (unpaired) electrons. The zero-order valence-electron chi connectivity index (χ0n) is 15.6. The molecule has 0 aliphatic heterocycles. The molecule has 0 amide bonds. The summed E-state index contributed by atoms with van der Waals surface area (Å²) in [6.45, 7) is 0. The maximum absolute atomic E-state index is 5.50.